The van der Waals surface area contributed by atoms with Gasteiger partial charge in [0.1, 0.15) is 5.75 Å². The average molecular weight is 264 g/mol. The van der Waals surface area contributed by atoms with Crippen LogP contribution in [0.2, 0.25) is 0 Å². The highest BCUT2D eigenvalue weighted by Crippen LogP contribution is 2.13. The molecule has 0 heterocycles. The van der Waals surface area contributed by atoms with Gasteiger partial charge in [0.2, 0.25) is 0 Å². The topological polar surface area (TPSA) is 29.5 Å². The molecule has 0 saturated heterocycles. The fourth-order valence-corrected chi connectivity index (χ4v) is 2.04. The van der Waals surface area contributed by atoms with Crippen LogP contribution in [0.25, 0.3) is 0 Å². The number of ether oxygens (including phenoxy) is 1. The molecule has 1 aromatic rings. The Hall–Kier alpha value is -1.11. The van der Waals surface area contributed by atoms with Gasteiger partial charge in [-0.3, -0.25) is 0 Å². The van der Waals surface area contributed by atoms with Gasteiger partial charge in [0.05, 0.1) is 13.2 Å². The monoisotopic (exact) mass is 264 g/mol. The van der Waals surface area contributed by atoms with Crippen molar-refractivity contribution in [3.05, 3.63) is 29.8 Å². The molecule has 1 aromatic carbocycles. The van der Waals surface area contributed by atoms with Gasteiger partial charge in [-0.05, 0) is 30.4 Å². The molecular weight excluding hydrogens is 244 g/mol. The second-order valence-electron chi connectivity index (χ2n) is 3.76. The molecule has 0 amide bonds. The van der Waals surface area contributed by atoms with E-state index in [4.69, 9.17) is 9.84 Å². The Bertz CT molecular complexity index is 393. The minimum Gasteiger partial charge on any atom is -0.493 e. The van der Waals surface area contributed by atoms with Crippen LogP contribution in [0.15, 0.2) is 24.3 Å². The van der Waals surface area contributed by atoms with Crippen LogP contribution < -0.4 is 4.74 Å². The molecule has 0 radical (unpaired) electrons. The van der Waals surface area contributed by atoms with Gasteiger partial charge >= 0.3 is 0 Å². The molecule has 18 heavy (non-hydrogen) atoms. The summed E-state index contributed by atoms with van der Waals surface area (Å²) in [5.74, 6) is 8.98. The fraction of sp³-hybridized carbons (Fsp3) is 0.467. The largest absolute Gasteiger partial charge is 0.493 e. The van der Waals surface area contributed by atoms with Gasteiger partial charge in [-0.15, -0.1) is 0 Å². The van der Waals surface area contributed by atoms with Gasteiger partial charge in [-0.1, -0.05) is 24.8 Å². The van der Waals surface area contributed by atoms with E-state index in [9.17, 15) is 0 Å². The van der Waals surface area contributed by atoms with Crippen molar-refractivity contribution in [1.29, 1.82) is 0 Å². The van der Waals surface area contributed by atoms with Crippen LogP contribution >= 0.6 is 11.8 Å². The molecule has 0 bridgehead atoms. The maximum absolute atomic E-state index is 8.66. The van der Waals surface area contributed by atoms with Crippen molar-refractivity contribution in [2.24, 2.45) is 0 Å². The molecule has 0 fully saturated rings. The lowest BCUT2D eigenvalue weighted by Crippen LogP contribution is -2.00. The summed E-state index contributed by atoms with van der Waals surface area (Å²) in [4.78, 5) is 0. The van der Waals surface area contributed by atoms with Crippen molar-refractivity contribution in [2.75, 3.05) is 24.7 Å². The molecule has 0 aliphatic heterocycles. The Labute approximate surface area is 114 Å². The molecule has 0 saturated carbocycles. The van der Waals surface area contributed by atoms with E-state index in [-0.39, 0.29) is 6.61 Å². The molecule has 0 aliphatic carbocycles. The lowest BCUT2D eigenvalue weighted by molar-refractivity contribution is 0.305. The molecule has 2 nitrogen and oxygen atoms in total. The number of benzene rings is 1. The van der Waals surface area contributed by atoms with E-state index in [1.165, 1.54) is 12.2 Å². The second kappa shape index (κ2) is 9.87. The van der Waals surface area contributed by atoms with Gasteiger partial charge in [-0.25, -0.2) is 0 Å². The van der Waals surface area contributed by atoms with Crippen molar-refractivity contribution < 1.29 is 9.84 Å². The lowest BCUT2D eigenvalue weighted by Gasteiger charge is -2.05. The zero-order valence-electron chi connectivity index (χ0n) is 10.8. The van der Waals surface area contributed by atoms with E-state index >= 15 is 0 Å². The molecule has 0 atom stereocenters. The average Bonchev–Trinajstić information content (AvgIpc) is 2.39. The van der Waals surface area contributed by atoms with Crippen LogP contribution in [0.3, 0.4) is 0 Å². The van der Waals surface area contributed by atoms with Crippen LogP contribution in [0, 0.1) is 11.8 Å². The minimum atomic E-state index is 0.109. The summed E-state index contributed by atoms with van der Waals surface area (Å²) in [6, 6.07) is 7.77. The Balaban J connectivity index is 2.38. The predicted molar refractivity (Wildman–Crippen MR) is 78.1 cm³/mol. The number of thioether (sulfide) groups is 1. The Morgan fingerprint density at radius 1 is 1.33 bits per heavy atom. The molecular formula is C15H20O2S. The molecule has 3 heteroatoms. The van der Waals surface area contributed by atoms with E-state index in [2.05, 4.69) is 18.8 Å². The third kappa shape index (κ3) is 6.58. The van der Waals surface area contributed by atoms with Crippen molar-refractivity contribution in [3.63, 3.8) is 0 Å². The van der Waals surface area contributed by atoms with E-state index in [0.717, 1.165) is 23.7 Å². The first-order valence-electron chi connectivity index (χ1n) is 6.27. The summed E-state index contributed by atoms with van der Waals surface area (Å²) in [6.07, 6.45) is 1.72. The smallest absolute Gasteiger partial charge is 0.120 e. The van der Waals surface area contributed by atoms with Crippen LogP contribution in [0.1, 0.15) is 25.3 Å². The highest BCUT2D eigenvalue weighted by Gasteiger charge is 1.95. The van der Waals surface area contributed by atoms with E-state index in [0.29, 0.717) is 6.42 Å². The van der Waals surface area contributed by atoms with Gasteiger partial charge in [0, 0.05) is 17.7 Å². The summed E-state index contributed by atoms with van der Waals surface area (Å²) in [5.41, 5.74) is 0.933. The number of hydrogen-bond donors (Lipinski definition) is 1. The first kappa shape index (κ1) is 14.9. The Kier molecular flexibility index (Phi) is 8.20. The molecule has 1 rings (SSSR count). The third-order valence-electron chi connectivity index (χ3n) is 2.15. The predicted octanol–water partition coefficient (Wildman–Crippen LogP) is 2.94. The first-order chi connectivity index (χ1) is 8.86. The van der Waals surface area contributed by atoms with Gasteiger partial charge < -0.3 is 9.84 Å². The zero-order chi connectivity index (χ0) is 13.1. The minimum absolute atomic E-state index is 0.109. The van der Waals surface area contributed by atoms with Crippen molar-refractivity contribution in [1.82, 2.24) is 0 Å². The summed E-state index contributed by atoms with van der Waals surface area (Å²) in [6.45, 7) is 3.03. The molecule has 98 valence electrons. The molecule has 0 spiro atoms. The summed E-state index contributed by atoms with van der Waals surface area (Å²) in [5, 5.41) is 8.66. The summed E-state index contributed by atoms with van der Waals surface area (Å²) in [7, 11) is 0. The van der Waals surface area contributed by atoms with E-state index in [1.54, 1.807) is 0 Å². The molecule has 0 aromatic heterocycles. The maximum atomic E-state index is 8.66. The lowest BCUT2D eigenvalue weighted by atomic mass is 10.2. The van der Waals surface area contributed by atoms with Crippen molar-refractivity contribution >= 4 is 11.8 Å². The third-order valence-corrected chi connectivity index (χ3v) is 3.30. The van der Waals surface area contributed by atoms with Crippen LogP contribution in [-0.4, -0.2) is 29.8 Å². The summed E-state index contributed by atoms with van der Waals surface area (Å²) < 4.78 is 5.66. The van der Waals surface area contributed by atoms with E-state index in [1.807, 2.05) is 36.0 Å². The Morgan fingerprint density at radius 3 is 3.00 bits per heavy atom. The molecule has 0 unspecified atom stereocenters. The Morgan fingerprint density at radius 2 is 2.22 bits per heavy atom. The highest BCUT2D eigenvalue weighted by molar-refractivity contribution is 7.99. The highest BCUT2D eigenvalue weighted by atomic mass is 32.2. The quantitative estimate of drug-likeness (QED) is 0.606. The standard InChI is InChI=1S/C15H20O2S/c1-2-11-18-12-10-17-15-8-5-7-14(13-15)6-3-4-9-16/h5,7-8,13,16H,2,4,9-12H2,1H3. The molecule has 0 aliphatic rings. The summed E-state index contributed by atoms with van der Waals surface area (Å²) >= 11 is 1.91. The number of aliphatic hydroxyl groups is 1. The first-order valence-corrected chi connectivity index (χ1v) is 7.42. The van der Waals surface area contributed by atoms with Gasteiger partial charge in [0.15, 0.2) is 0 Å². The molecule has 1 N–H and O–H groups in total. The normalized spacial score (nSPS) is 9.67. The van der Waals surface area contributed by atoms with E-state index < -0.39 is 0 Å². The number of rotatable bonds is 7. The fourth-order valence-electron chi connectivity index (χ4n) is 1.35. The van der Waals surface area contributed by atoms with Crippen LogP contribution in [0.4, 0.5) is 0 Å². The second-order valence-corrected chi connectivity index (χ2v) is 4.99. The maximum Gasteiger partial charge on any atom is 0.120 e. The van der Waals surface area contributed by atoms with Crippen LogP contribution in [0.5, 0.6) is 5.75 Å². The van der Waals surface area contributed by atoms with Crippen molar-refractivity contribution in [3.8, 4) is 17.6 Å². The van der Waals surface area contributed by atoms with Crippen LogP contribution in [-0.2, 0) is 0 Å². The zero-order valence-corrected chi connectivity index (χ0v) is 11.6. The van der Waals surface area contributed by atoms with Gasteiger partial charge in [0.25, 0.3) is 0 Å². The number of aliphatic hydroxyl groups excluding tert-OH is 1. The SMILES string of the molecule is CCCSCCOc1cccc(C#CCCO)c1. The number of hydrogen-bond acceptors (Lipinski definition) is 3. The van der Waals surface area contributed by atoms with Gasteiger partial charge in [-0.2, -0.15) is 11.8 Å². The van der Waals surface area contributed by atoms with Crippen molar-refractivity contribution in [2.45, 2.75) is 19.8 Å².